The molecular formula is C24H23ClN2O2. The molecule has 4 nitrogen and oxygen atoms in total. The van der Waals surface area contributed by atoms with Crippen LogP contribution in [-0.4, -0.2) is 17.4 Å². The molecule has 0 unspecified atom stereocenters. The number of aryl methyl sites for hydroxylation is 1. The number of pyridine rings is 1. The number of carbonyl (C=O) groups excluding carboxylic acids is 1. The molecule has 0 spiro atoms. The zero-order valence-electron chi connectivity index (χ0n) is 16.3. The summed E-state index contributed by atoms with van der Waals surface area (Å²) in [6.07, 6.45) is 4.70. The van der Waals surface area contributed by atoms with E-state index in [1.807, 2.05) is 18.2 Å². The first-order chi connectivity index (χ1) is 14.1. The lowest BCUT2D eigenvalue weighted by Crippen LogP contribution is -2.26. The average Bonchev–Trinajstić information content (AvgIpc) is 3.56. The van der Waals surface area contributed by atoms with Crippen LogP contribution in [0.25, 0.3) is 0 Å². The molecule has 148 valence electrons. The third kappa shape index (κ3) is 5.15. The summed E-state index contributed by atoms with van der Waals surface area (Å²) in [7, 11) is 0. The van der Waals surface area contributed by atoms with Gasteiger partial charge in [-0.3, -0.25) is 4.79 Å². The molecule has 1 aliphatic carbocycles. The van der Waals surface area contributed by atoms with Crippen molar-refractivity contribution in [1.82, 2.24) is 10.3 Å². The van der Waals surface area contributed by atoms with Crippen molar-refractivity contribution in [3.05, 3.63) is 88.2 Å². The molecule has 1 aliphatic rings. The highest BCUT2D eigenvalue weighted by Crippen LogP contribution is 2.41. The van der Waals surface area contributed by atoms with E-state index in [1.54, 1.807) is 6.07 Å². The lowest BCUT2D eigenvalue weighted by Gasteiger charge is -2.12. The number of halogens is 1. The van der Waals surface area contributed by atoms with Gasteiger partial charge in [-0.15, -0.1) is 0 Å². The Balaban J connectivity index is 1.44. The van der Waals surface area contributed by atoms with Crippen LogP contribution in [0.3, 0.4) is 0 Å². The number of amides is 1. The summed E-state index contributed by atoms with van der Waals surface area (Å²) < 4.78 is 6.00. The Morgan fingerprint density at radius 1 is 1.17 bits per heavy atom. The van der Waals surface area contributed by atoms with Gasteiger partial charge in [0.2, 0.25) is 0 Å². The first-order valence-electron chi connectivity index (χ1n) is 9.85. The molecule has 0 bridgehead atoms. The van der Waals surface area contributed by atoms with Crippen LogP contribution in [0, 0.1) is 6.92 Å². The Morgan fingerprint density at radius 2 is 1.97 bits per heavy atom. The largest absolute Gasteiger partial charge is 0.455 e. The molecule has 3 aromatic rings. The summed E-state index contributed by atoms with van der Waals surface area (Å²) in [4.78, 5) is 16.8. The van der Waals surface area contributed by atoms with Crippen LogP contribution in [0.4, 0.5) is 0 Å². The SMILES string of the molecule is Cc1ccc(CCNC(=O)c2cc(Cl)ncc2Oc2cccc(C3CC3)c2)cc1. The smallest absolute Gasteiger partial charge is 0.255 e. The van der Waals surface area contributed by atoms with Crippen LogP contribution < -0.4 is 10.1 Å². The quantitative estimate of drug-likeness (QED) is 0.513. The summed E-state index contributed by atoms with van der Waals surface area (Å²) in [6.45, 7) is 2.58. The molecule has 5 heteroatoms. The van der Waals surface area contributed by atoms with E-state index in [4.69, 9.17) is 16.3 Å². The fraction of sp³-hybridized carbons (Fsp3) is 0.250. The highest BCUT2D eigenvalue weighted by Gasteiger charge is 2.24. The molecule has 1 saturated carbocycles. The number of nitrogens with zero attached hydrogens (tertiary/aromatic N) is 1. The number of ether oxygens (including phenoxy) is 1. The zero-order valence-corrected chi connectivity index (χ0v) is 17.1. The average molecular weight is 407 g/mol. The fourth-order valence-corrected chi connectivity index (χ4v) is 3.38. The predicted molar refractivity (Wildman–Crippen MR) is 115 cm³/mol. The van der Waals surface area contributed by atoms with Crippen molar-refractivity contribution in [2.45, 2.75) is 32.1 Å². The lowest BCUT2D eigenvalue weighted by atomic mass is 10.1. The minimum absolute atomic E-state index is 0.227. The van der Waals surface area contributed by atoms with E-state index in [1.165, 1.54) is 35.7 Å². The minimum Gasteiger partial charge on any atom is -0.455 e. The first-order valence-corrected chi connectivity index (χ1v) is 10.2. The van der Waals surface area contributed by atoms with E-state index in [0.29, 0.717) is 29.5 Å². The van der Waals surface area contributed by atoms with Crippen molar-refractivity contribution >= 4 is 17.5 Å². The van der Waals surface area contributed by atoms with Gasteiger partial charge in [0, 0.05) is 6.54 Å². The lowest BCUT2D eigenvalue weighted by molar-refractivity contribution is 0.0951. The molecule has 0 aliphatic heterocycles. The molecule has 0 atom stereocenters. The van der Waals surface area contributed by atoms with E-state index in [9.17, 15) is 4.79 Å². The number of benzene rings is 2. The molecule has 1 heterocycles. The van der Waals surface area contributed by atoms with Crippen molar-refractivity contribution in [3.8, 4) is 11.5 Å². The number of nitrogens with one attached hydrogen (secondary N) is 1. The number of aromatic nitrogens is 1. The van der Waals surface area contributed by atoms with Crippen molar-refractivity contribution in [1.29, 1.82) is 0 Å². The van der Waals surface area contributed by atoms with E-state index in [-0.39, 0.29) is 11.1 Å². The fourth-order valence-electron chi connectivity index (χ4n) is 3.22. The van der Waals surface area contributed by atoms with Gasteiger partial charge >= 0.3 is 0 Å². The van der Waals surface area contributed by atoms with Crippen molar-refractivity contribution < 1.29 is 9.53 Å². The second kappa shape index (κ2) is 8.66. The van der Waals surface area contributed by atoms with E-state index < -0.39 is 0 Å². The first kappa shape index (κ1) is 19.5. The molecule has 2 aromatic carbocycles. The van der Waals surface area contributed by atoms with Crippen LogP contribution in [0.5, 0.6) is 11.5 Å². The third-order valence-corrected chi connectivity index (χ3v) is 5.24. The normalized spacial score (nSPS) is 13.2. The third-order valence-electron chi connectivity index (χ3n) is 5.03. The number of hydrogen-bond donors (Lipinski definition) is 1. The van der Waals surface area contributed by atoms with Gasteiger partial charge in [0.05, 0.1) is 11.8 Å². The number of rotatable bonds is 7. The maximum absolute atomic E-state index is 12.8. The second-order valence-corrected chi connectivity index (χ2v) is 7.83. The predicted octanol–water partition coefficient (Wildman–Crippen LogP) is 5.69. The summed E-state index contributed by atoms with van der Waals surface area (Å²) in [5, 5.41) is 3.21. The van der Waals surface area contributed by atoms with E-state index in [2.05, 4.69) is 47.6 Å². The molecule has 1 amide bonds. The molecular weight excluding hydrogens is 384 g/mol. The van der Waals surface area contributed by atoms with Gasteiger partial charge in [-0.1, -0.05) is 53.6 Å². The van der Waals surface area contributed by atoms with Crippen LogP contribution in [0.15, 0.2) is 60.8 Å². The van der Waals surface area contributed by atoms with Gasteiger partial charge < -0.3 is 10.1 Å². The van der Waals surface area contributed by atoms with Gasteiger partial charge in [0.1, 0.15) is 10.9 Å². The Morgan fingerprint density at radius 3 is 2.72 bits per heavy atom. The molecule has 1 fully saturated rings. The van der Waals surface area contributed by atoms with Crippen molar-refractivity contribution in [2.24, 2.45) is 0 Å². The highest BCUT2D eigenvalue weighted by atomic mass is 35.5. The summed E-state index contributed by atoms with van der Waals surface area (Å²) in [5.74, 6) is 1.50. The summed E-state index contributed by atoms with van der Waals surface area (Å²) in [6, 6.07) is 17.9. The van der Waals surface area contributed by atoms with Crippen LogP contribution in [0.1, 0.15) is 45.8 Å². The maximum Gasteiger partial charge on any atom is 0.255 e. The Bertz CT molecular complexity index is 1010. The topological polar surface area (TPSA) is 51.2 Å². The second-order valence-electron chi connectivity index (χ2n) is 7.44. The number of carbonyl (C=O) groups is 1. The monoisotopic (exact) mass is 406 g/mol. The van der Waals surface area contributed by atoms with Gasteiger partial charge in [0.15, 0.2) is 5.75 Å². The molecule has 29 heavy (non-hydrogen) atoms. The van der Waals surface area contributed by atoms with Crippen LogP contribution in [0.2, 0.25) is 5.15 Å². The maximum atomic E-state index is 12.8. The molecule has 0 saturated heterocycles. The molecule has 0 radical (unpaired) electrons. The van der Waals surface area contributed by atoms with Crippen LogP contribution >= 0.6 is 11.6 Å². The van der Waals surface area contributed by atoms with Gasteiger partial charge in [-0.2, -0.15) is 0 Å². The number of hydrogen-bond acceptors (Lipinski definition) is 3. The van der Waals surface area contributed by atoms with Crippen molar-refractivity contribution in [2.75, 3.05) is 6.54 Å². The Kier molecular flexibility index (Phi) is 5.81. The molecule has 1 aromatic heterocycles. The standard InChI is InChI=1S/C24H23ClN2O2/c1-16-5-7-17(8-6-16)11-12-26-24(28)21-14-23(25)27-15-22(21)29-20-4-2-3-19(13-20)18-9-10-18/h2-8,13-15,18H,9-12H2,1H3,(H,26,28). The zero-order chi connectivity index (χ0) is 20.2. The Labute approximate surface area is 175 Å². The Hall–Kier alpha value is -2.85. The van der Waals surface area contributed by atoms with Gasteiger partial charge in [0.25, 0.3) is 5.91 Å². The summed E-state index contributed by atoms with van der Waals surface area (Å²) >= 11 is 6.04. The van der Waals surface area contributed by atoms with Crippen LogP contribution in [-0.2, 0) is 6.42 Å². The van der Waals surface area contributed by atoms with Gasteiger partial charge in [-0.05, 0) is 61.4 Å². The highest BCUT2D eigenvalue weighted by molar-refractivity contribution is 6.29. The molecule has 1 N–H and O–H groups in total. The van der Waals surface area contributed by atoms with E-state index >= 15 is 0 Å². The molecule has 4 rings (SSSR count). The minimum atomic E-state index is -0.227. The summed E-state index contributed by atoms with van der Waals surface area (Å²) in [5.41, 5.74) is 4.05. The van der Waals surface area contributed by atoms with E-state index in [0.717, 1.165) is 6.42 Å². The van der Waals surface area contributed by atoms with Gasteiger partial charge in [-0.25, -0.2) is 4.98 Å². The van der Waals surface area contributed by atoms with Crippen molar-refractivity contribution in [3.63, 3.8) is 0 Å².